The molecule has 0 atom stereocenters. The Hall–Kier alpha value is -2.24. The monoisotopic (exact) mass is 262 g/mol. The molecular formula is C13H18N4O2. The van der Waals surface area contributed by atoms with Crippen molar-refractivity contribution < 1.29 is 0 Å². The van der Waals surface area contributed by atoms with Gasteiger partial charge in [0.1, 0.15) is 0 Å². The topological polar surface area (TPSA) is 75.0 Å². The Kier molecular flexibility index (Phi) is 3.89. The summed E-state index contributed by atoms with van der Waals surface area (Å²) in [6, 6.07) is 3.04. The summed E-state index contributed by atoms with van der Waals surface area (Å²) < 4.78 is 4.87. The average molecular weight is 262 g/mol. The summed E-state index contributed by atoms with van der Waals surface area (Å²) in [7, 11) is 0. The zero-order valence-corrected chi connectivity index (χ0v) is 11.0. The van der Waals surface area contributed by atoms with Crippen LogP contribution in [0.15, 0.2) is 40.3 Å². The highest BCUT2D eigenvalue weighted by molar-refractivity contribution is 5.33. The van der Waals surface area contributed by atoms with Gasteiger partial charge in [-0.3, -0.25) is 13.9 Å². The first-order valence-electron chi connectivity index (χ1n) is 6.33. The molecule has 0 fully saturated rings. The van der Waals surface area contributed by atoms with E-state index in [9.17, 15) is 9.59 Å². The van der Waals surface area contributed by atoms with Crippen LogP contribution in [0.2, 0.25) is 0 Å². The maximum atomic E-state index is 11.8. The molecule has 2 aromatic heterocycles. The van der Waals surface area contributed by atoms with Crippen molar-refractivity contribution in [3.63, 3.8) is 0 Å². The highest BCUT2D eigenvalue weighted by Crippen LogP contribution is 1.98. The Balaban J connectivity index is 2.00. The number of imidazole rings is 1. The van der Waals surface area contributed by atoms with Crippen LogP contribution in [0.1, 0.15) is 13.3 Å². The second-order valence-electron chi connectivity index (χ2n) is 4.41. The van der Waals surface area contributed by atoms with Crippen molar-refractivity contribution in [3.8, 4) is 0 Å². The van der Waals surface area contributed by atoms with Gasteiger partial charge in [-0.25, -0.2) is 4.79 Å². The molecule has 0 aliphatic rings. The molecule has 6 heteroatoms. The van der Waals surface area contributed by atoms with Gasteiger partial charge in [-0.05, 0) is 19.4 Å². The lowest BCUT2D eigenvalue weighted by atomic mass is 10.3. The Bertz CT molecular complexity index is 666. The molecule has 0 unspecified atom stereocenters. The molecular weight excluding hydrogens is 244 g/mol. The Labute approximate surface area is 110 Å². The van der Waals surface area contributed by atoms with Gasteiger partial charge in [0.15, 0.2) is 0 Å². The van der Waals surface area contributed by atoms with Crippen molar-refractivity contribution in [2.24, 2.45) is 0 Å². The molecule has 2 rings (SSSR count). The summed E-state index contributed by atoms with van der Waals surface area (Å²) in [4.78, 5) is 23.4. The molecule has 2 N–H and O–H groups in total. The number of nitrogens with zero attached hydrogens (tertiary/aromatic N) is 3. The van der Waals surface area contributed by atoms with Crippen LogP contribution < -0.4 is 17.0 Å². The van der Waals surface area contributed by atoms with E-state index >= 15 is 0 Å². The highest BCUT2D eigenvalue weighted by atomic mass is 16.1. The molecule has 0 bridgehead atoms. The Morgan fingerprint density at radius 1 is 1.05 bits per heavy atom. The van der Waals surface area contributed by atoms with Crippen molar-refractivity contribution in [2.75, 3.05) is 5.73 Å². The van der Waals surface area contributed by atoms with Crippen molar-refractivity contribution in [1.82, 2.24) is 13.7 Å². The van der Waals surface area contributed by atoms with Crippen LogP contribution in [0.25, 0.3) is 0 Å². The van der Waals surface area contributed by atoms with Gasteiger partial charge in [-0.2, -0.15) is 0 Å². The van der Waals surface area contributed by atoms with Crippen molar-refractivity contribution in [2.45, 2.75) is 33.0 Å². The van der Waals surface area contributed by atoms with E-state index in [1.165, 1.54) is 6.07 Å². The summed E-state index contributed by atoms with van der Waals surface area (Å²) in [5.41, 5.74) is 6.11. The van der Waals surface area contributed by atoms with Gasteiger partial charge in [0.05, 0.1) is 0 Å². The lowest BCUT2D eigenvalue weighted by Crippen LogP contribution is -2.25. The minimum atomic E-state index is -0.0762. The third kappa shape index (κ3) is 2.96. The minimum absolute atomic E-state index is 0.0116. The summed E-state index contributed by atoms with van der Waals surface area (Å²) in [5, 5.41) is 0. The lowest BCUT2D eigenvalue weighted by molar-refractivity contribution is 0.535. The van der Waals surface area contributed by atoms with Gasteiger partial charge < -0.3 is 10.3 Å². The minimum Gasteiger partial charge on any atom is -0.398 e. The second-order valence-corrected chi connectivity index (χ2v) is 4.41. The number of nitrogen functional groups attached to an aromatic ring is 1. The zero-order valence-electron chi connectivity index (χ0n) is 11.0. The molecule has 102 valence electrons. The first-order valence-corrected chi connectivity index (χ1v) is 6.33. The molecule has 0 saturated heterocycles. The van der Waals surface area contributed by atoms with Gasteiger partial charge in [-0.15, -0.1) is 0 Å². The fourth-order valence-electron chi connectivity index (χ4n) is 2.00. The quantitative estimate of drug-likeness (QED) is 0.852. The van der Waals surface area contributed by atoms with Crippen LogP contribution >= 0.6 is 0 Å². The SMILES string of the molecule is CCn1ccn(CCCn2cc(N)ccc2=O)c1=O. The van der Waals surface area contributed by atoms with E-state index in [1.807, 2.05) is 6.92 Å². The van der Waals surface area contributed by atoms with E-state index in [-0.39, 0.29) is 11.2 Å². The molecule has 0 aromatic carbocycles. The Morgan fingerprint density at radius 2 is 1.74 bits per heavy atom. The highest BCUT2D eigenvalue weighted by Gasteiger charge is 2.02. The summed E-state index contributed by atoms with van der Waals surface area (Å²) in [5.74, 6) is 0. The molecule has 0 spiro atoms. The van der Waals surface area contributed by atoms with Crippen LogP contribution in [-0.2, 0) is 19.6 Å². The van der Waals surface area contributed by atoms with E-state index in [2.05, 4.69) is 0 Å². The molecule has 19 heavy (non-hydrogen) atoms. The summed E-state index contributed by atoms with van der Waals surface area (Å²) in [6.07, 6.45) is 5.88. The van der Waals surface area contributed by atoms with E-state index in [0.717, 1.165) is 0 Å². The molecule has 2 aromatic rings. The van der Waals surface area contributed by atoms with E-state index in [0.29, 0.717) is 31.7 Å². The van der Waals surface area contributed by atoms with E-state index < -0.39 is 0 Å². The van der Waals surface area contributed by atoms with Crippen LogP contribution in [0.4, 0.5) is 5.69 Å². The number of anilines is 1. The molecule has 6 nitrogen and oxygen atoms in total. The number of hydrogen-bond donors (Lipinski definition) is 1. The standard InChI is InChI=1S/C13H18N4O2/c1-2-15-8-9-16(13(15)19)6-3-7-17-10-11(14)4-5-12(17)18/h4-5,8-10H,2-3,6-7,14H2,1H3. The average Bonchev–Trinajstić information content (AvgIpc) is 2.75. The lowest BCUT2D eigenvalue weighted by Gasteiger charge is -2.06. The van der Waals surface area contributed by atoms with Crippen molar-refractivity contribution in [1.29, 1.82) is 0 Å². The van der Waals surface area contributed by atoms with Gasteiger partial charge in [0, 0.05) is 50.0 Å². The van der Waals surface area contributed by atoms with Crippen LogP contribution in [-0.4, -0.2) is 13.7 Å². The molecule has 0 amide bonds. The molecule has 2 heterocycles. The predicted molar refractivity (Wildman–Crippen MR) is 74.1 cm³/mol. The summed E-state index contributed by atoms with van der Waals surface area (Å²) in [6.45, 7) is 3.74. The van der Waals surface area contributed by atoms with Crippen molar-refractivity contribution in [3.05, 3.63) is 51.6 Å². The fourth-order valence-corrected chi connectivity index (χ4v) is 2.00. The molecule has 0 aliphatic heterocycles. The third-order valence-electron chi connectivity index (χ3n) is 3.06. The number of nitrogens with two attached hydrogens (primary N) is 1. The van der Waals surface area contributed by atoms with Gasteiger partial charge in [0.2, 0.25) is 0 Å². The molecule has 0 aliphatic carbocycles. The zero-order chi connectivity index (χ0) is 13.8. The van der Waals surface area contributed by atoms with Gasteiger partial charge >= 0.3 is 5.69 Å². The fraction of sp³-hybridized carbons (Fsp3) is 0.385. The first kappa shape index (κ1) is 13.2. The van der Waals surface area contributed by atoms with Gasteiger partial charge in [0.25, 0.3) is 5.56 Å². The third-order valence-corrected chi connectivity index (χ3v) is 3.06. The van der Waals surface area contributed by atoms with E-state index in [4.69, 9.17) is 5.73 Å². The number of hydrogen-bond acceptors (Lipinski definition) is 3. The van der Waals surface area contributed by atoms with Crippen LogP contribution in [0.3, 0.4) is 0 Å². The second kappa shape index (κ2) is 5.60. The predicted octanol–water partition coefficient (Wildman–Crippen LogP) is 0.504. The van der Waals surface area contributed by atoms with Crippen molar-refractivity contribution >= 4 is 5.69 Å². The van der Waals surface area contributed by atoms with E-state index in [1.54, 1.807) is 38.4 Å². The number of aryl methyl sites for hydroxylation is 3. The smallest absolute Gasteiger partial charge is 0.328 e. The first-order chi connectivity index (χ1) is 9.11. The van der Waals surface area contributed by atoms with Gasteiger partial charge in [-0.1, -0.05) is 0 Å². The molecule has 0 saturated carbocycles. The number of aromatic nitrogens is 3. The number of pyridine rings is 1. The van der Waals surface area contributed by atoms with Crippen LogP contribution in [0.5, 0.6) is 0 Å². The Morgan fingerprint density at radius 3 is 2.42 bits per heavy atom. The maximum Gasteiger partial charge on any atom is 0.328 e. The summed E-state index contributed by atoms with van der Waals surface area (Å²) >= 11 is 0. The molecule has 0 radical (unpaired) electrons. The van der Waals surface area contributed by atoms with Crippen LogP contribution in [0, 0.1) is 0 Å². The largest absolute Gasteiger partial charge is 0.398 e. The number of rotatable bonds is 5. The normalized spacial score (nSPS) is 10.8. The maximum absolute atomic E-state index is 11.8.